The zero-order valence-electron chi connectivity index (χ0n) is 9.07. The van der Waals surface area contributed by atoms with Crippen molar-refractivity contribution in [2.24, 2.45) is 5.73 Å². The molecule has 0 saturated heterocycles. The van der Waals surface area contributed by atoms with Gasteiger partial charge in [-0.2, -0.15) is 0 Å². The Labute approximate surface area is 90.0 Å². The second-order valence-corrected chi connectivity index (χ2v) is 3.82. The van der Waals surface area contributed by atoms with Crippen LogP contribution in [-0.2, 0) is 17.8 Å². The van der Waals surface area contributed by atoms with Crippen molar-refractivity contribution < 1.29 is 4.74 Å². The van der Waals surface area contributed by atoms with E-state index in [9.17, 15) is 0 Å². The summed E-state index contributed by atoms with van der Waals surface area (Å²) in [6.45, 7) is 3.00. The van der Waals surface area contributed by atoms with Crippen LogP contribution in [0.25, 0.3) is 0 Å². The van der Waals surface area contributed by atoms with Crippen molar-refractivity contribution >= 4 is 5.82 Å². The van der Waals surface area contributed by atoms with Crippen molar-refractivity contribution in [3.05, 3.63) is 23.4 Å². The number of aromatic nitrogens is 1. The van der Waals surface area contributed by atoms with E-state index in [0.717, 1.165) is 25.4 Å². The summed E-state index contributed by atoms with van der Waals surface area (Å²) in [4.78, 5) is 6.48. The van der Waals surface area contributed by atoms with Gasteiger partial charge in [0.05, 0.1) is 13.2 Å². The van der Waals surface area contributed by atoms with E-state index in [0.29, 0.717) is 13.2 Å². The summed E-state index contributed by atoms with van der Waals surface area (Å²) in [5.41, 5.74) is 8.09. The van der Waals surface area contributed by atoms with E-state index in [1.807, 2.05) is 13.2 Å². The van der Waals surface area contributed by atoms with Gasteiger partial charge in [-0.15, -0.1) is 0 Å². The van der Waals surface area contributed by atoms with Gasteiger partial charge in [0.25, 0.3) is 0 Å². The molecule has 1 aliphatic heterocycles. The van der Waals surface area contributed by atoms with Crippen LogP contribution in [0.3, 0.4) is 0 Å². The van der Waals surface area contributed by atoms with Gasteiger partial charge in [-0.25, -0.2) is 4.98 Å². The molecule has 1 aromatic heterocycles. The van der Waals surface area contributed by atoms with Gasteiger partial charge in [0.15, 0.2) is 0 Å². The number of pyridine rings is 1. The predicted molar refractivity (Wildman–Crippen MR) is 59.9 cm³/mol. The van der Waals surface area contributed by atoms with E-state index in [1.54, 1.807) is 0 Å². The van der Waals surface area contributed by atoms with E-state index in [4.69, 9.17) is 10.5 Å². The van der Waals surface area contributed by atoms with E-state index in [1.165, 1.54) is 11.1 Å². The van der Waals surface area contributed by atoms with Gasteiger partial charge in [-0.1, -0.05) is 0 Å². The SMILES string of the molecule is CN(CCN)c1cc2c(cn1)COCC2. The smallest absolute Gasteiger partial charge is 0.128 e. The van der Waals surface area contributed by atoms with Crippen LogP contribution in [0.2, 0.25) is 0 Å². The maximum absolute atomic E-state index is 5.52. The minimum absolute atomic E-state index is 0.651. The summed E-state index contributed by atoms with van der Waals surface area (Å²) >= 11 is 0. The van der Waals surface area contributed by atoms with E-state index in [-0.39, 0.29) is 0 Å². The van der Waals surface area contributed by atoms with Crippen LogP contribution < -0.4 is 10.6 Å². The van der Waals surface area contributed by atoms with Crippen molar-refractivity contribution in [2.45, 2.75) is 13.0 Å². The average molecular weight is 207 g/mol. The van der Waals surface area contributed by atoms with Crippen LogP contribution in [0.5, 0.6) is 0 Å². The molecule has 0 atom stereocenters. The number of likely N-dealkylation sites (N-methyl/N-ethyl adjacent to an activating group) is 1. The third kappa shape index (κ3) is 2.27. The van der Waals surface area contributed by atoms with Gasteiger partial charge in [-0.05, 0) is 23.6 Å². The number of anilines is 1. The number of fused-ring (bicyclic) bond motifs is 1. The van der Waals surface area contributed by atoms with Crippen LogP contribution in [0.4, 0.5) is 5.82 Å². The number of rotatable bonds is 3. The molecule has 2 rings (SSSR count). The van der Waals surface area contributed by atoms with Crippen LogP contribution in [0.15, 0.2) is 12.3 Å². The average Bonchev–Trinajstić information content (AvgIpc) is 2.29. The lowest BCUT2D eigenvalue weighted by Crippen LogP contribution is -2.26. The number of hydrogen-bond donors (Lipinski definition) is 1. The summed E-state index contributed by atoms with van der Waals surface area (Å²) in [6, 6.07) is 2.15. The molecule has 1 aliphatic rings. The molecule has 0 aromatic carbocycles. The summed E-state index contributed by atoms with van der Waals surface area (Å²) < 4.78 is 5.37. The maximum Gasteiger partial charge on any atom is 0.128 e. The first-order chi connectivity index (χ1) is 7.31. The molecule has 0 radical (unpaired) electrons. The van der Waals surface area contributed by atoms with Gasteiger partial charge in [-0.3, -0.25) is 0 Å². The second kappa shape index (κ2) is 4.59. The molecule has 0 amide bonds. The minimum atomic E-state index is 0.651. The zero-order valence-corrected chi connectivity index (χ0v) is 9.07. The van der Waals surface area contributed by atoms with Gasteiger partial charge >= 0.3 is 0 Å². The molecule has 4 nitrogen and oxygen atoms in total. The lowest BCUT2D eigenvalue weighted by Gasteiger charge is -2.21. The molecule has 4 heteroatoms. The first kappa shape index (κ1) is 10.4. The Morgan fingerprint density at radius 2 is 2.40 bits per heavy atom. The third-order valence-corrected chi connectivity index (χ3v) is 2.70. The van der Waals surface area contributed by atoms with Crippen LogP contribution in [0, 0.1) is 0 Å². The highest BCUT2D eigenvalue weighted by Crippen LogP contribution is 2.20. The summed E-state index contributed by atoms with van der Waals surface area (Å²) in [6.07, 6.45) is 2.90. The van der Waals surface area contributed by atoms with Crippen molar-refractivity contribution in [3.63, 3.8) is 0 Å². The Kier molecular flexibility index (Phi) is 3.18. The molecule has 0 spiro atoms. The van der Waals surface area contributed by atoms with Crippen LogP contribution in [0.1, 0.15) is 11.1 Å². The normalized spacial score (nSPS) is 14.8. The summed E-state index contributed by atoms with van der Waals surface area (Å²) in [5, 5.41) is 0. The molecule has 1 aromatic rings. The Morgan fingerprint density at radius 3 is 3.20 bits per heavy atom. The predicted octanol–water partition coefficient (Wildman–Crippen LogP) is 0.549. The van der Waals surface area contributed by atoms with E-state index < -0.39 is 0 Å². The first-order valence-electron chi connectivity index (χ1n) is 5.28. The molecule has 0 fully saturated rings. The quantitative estimate of drug-likeness (QED) is 0.786. The first-order valence-corrected chi connectivity index (χ1v) is 5.28. The number of nitrogens with zero attached hydrogens (tertiary/aromatic N) is 2. The Hall–Kier alpha value is -1.13. The number of ether oxygens (including phenoxy) is 1. The van der Waals surface area contributed by atoms with Gasteiger partial charge in [0.2, 0.25) is 0 Å². The van der Waals surface area contributed by atoms with Gasteiger partial charge < -0.3 is 15.4 Å². The number of hydrogen-bond acceptors (Lipinski definition) is 4. The lowest BCUT2D eigenvalue weighted by molar-refractivity contribution is 0.110. The fourth-order valence-corrected chi connectivity index (χ4v) is 1.76. The van der Waals surface area contributed by atoms with Gasteiger partial charge in [0, 0.05) is 26.3 Å². The third-order valence-electron chi connectivity index (χ3n) is 2.70. The molecule has 0 saturated carbocycles. The lowest BCUT2D eigenvalue weighted by atomic mass is 10.1. The molecule has 2 N–H and O–H groups in total. The van der Waals surface area contributed by atoms with E-state index in [2.05, 4.69) is 16.0 Å². The van der Waals surface area contributed by atoms with Crippen molar-refractivity contribution in [1.82, 2.24) is 4.98 Å². The summed E-state index contributed by atoms with van der Waals surface area (Å²) in [5.74, 6) is 1.00. The molecule has 0 bridgehead atoms. The zero-order chi connectivity index (χ0) is 10.7. The largest absolute Gasteiger partial charge is 0.376 e. The Bertz CT molecular complexity index is 341. The fourth-order valence-electron chi connectivity index (χ4n) is 1.76. The van der Waals surface area contributed by atoms with Crippen molar-refractivity contribution in [2.75, 3.05) is 31.6 Å². The molecule has 0 unspecified atom stereocenters. The van der Waals surface area contributed by atoms with Crippen LogP contribution in [-0.4, -0.2) is 31.7 Å². The van der Waals surface area contributed by atoms with Crippen LogP contribution >= 0.6 is 0 Å². The standard InChI is InChI=1S/C11H17N3O/c1-14(4-3-12)11-6-9-2-5-15-8-10(9)7-13-11/h6-7H,2-5,8,12H2,1H3. The topological polar surface area (TPSA) is 51.4 Å². The summed E-state index contributed by atoms with van der Waals surface area (Å²) in [7, 11) is 2.01. The van der Waals surface area contributed by atoms with Crippen molar-refractivity contribution in [3.8, 4) is 0 Å². The molecule has 0 aliphatic carbocycles. The van der Waals surface area contributed by atoms with Crippen molar-refractivity contribution in [1.29, 1.82) is 0 Å². The van der Waals surface area contributed by atoms with E-state index >= 15 is 0 Å². The molecular formula is C11H17N3O. The number of nitrogens with two attached hydrogens (primary N) is 1. The highest BCUT2D eigenvalue weighted by molar-refractivity contribution is 5.43. The second-order valence-electron chi connectivity index (χ2n) is 3.82. The molecular weight excluding hydrogens is 190 g/mol. The monoisotopic (exact) mass is 207 g/mol. The Morgan fingerprint density at radius 1 is 1.53 bits per heavy atom. The highest BCUT2D eigenvalue weighted by atomic mass is 16.5. The molecule has 15 heavy (non-hydrogen) atoms. The maximum atomic E-state index is 5.52. The highest BCUT2D eigenvalue weighted by Gasteiger charge is 2.11. The molecule has 2 heterocycles. The Balaban J connectivity index is 2.20. The van der Waals surface area contributed by atoms with Gasteiger partial charge in [0.1, 0.15) is 5.82 Å². The fraction of sp³-hybridized carbons (Fsp3) is 0.545. The minimum Gasteiger partial charge on any atom is -0.376 e. The molecule has 82 valence electrons.